The highest BCUT2D eigenvalue weighted by Crippen LogP contribution is 2.45. The summed E-state index contributed by atoms with van der Waals surface area (Å²) >= 11 is 0. The second-order valence-corrected chi connectivity index (χ2v) is 8.65. The molecule has 1 fully saturated rings. The van der Waals surface area contributed by atoms with E-state index in [2.05, 4.69) is 0 Å². The Morgan fingerprint density at radius 3 is 2.18 bits per heavy atom. The Hall–Kier alpha value is -4.46. The van der Waals surface area contributed by atoms with Crippen LogP contribution in [0.2, 0.25) is 0 Å². The molecule has 1 amide bonds. The van der Waals surface area contributed by atoms with E-state index in [1.54, 1.807) is 36.4 Å². The summed E-state index contributed by atoms with van der Waals surface area (Å²) in [6, 6.07) is 19.0. The van der Waals surface area contributed by atoms with Gasteiger partial charge >= 0.3 is 0 Å². The molecule has 38 heavy (non-hydrogen) atoms. The fraction of sp³-hybridized carbons (Fsp3) is 0.267. The number of aliphatic hydroxyl groups is 1. The van der Waals surface area contributed by atoms with Crippen LogP contribution in [-0.4, -0.2) is 56.2 Å². The first-order valence-corrected chi connectivity index (χ1v) is 12.3. The van der Waals surface area contributed by atoms with E-state index >= 15 is 0 Å². The van der Waals surface area contributed by atoms with Gasteiger partial charge in [0.2, 0.25) is 5.75 Å². The third-order valence-electron chi connectivity index (χ3n) is 6.45. The quantitative estimate of drug-likeness (QED) is 0.235. The van der Waals surface area contributed by atoms with E-state index in [4.69, 9.17) is 18.9 Å². The van der Waals surface area contributed by atoms with Gasteiger partial charge in [0.25, 0.3) is 11.7 Å². The van der Waals surface area contributed by atoms with E-state index in [1.165, 1.54) is 26.2 Å². The summed E-state index contributed by atoms with van der Waals surface area (Å²) in [4.78, 5) is 28.3. The number of ketones is 1. The number of likely N-dealkylation sites (tertiary alicyclic amines) is 1. The number of ether oxygens (including phenoxy) is 4. The third kappa shape index (κ3) is 5.16. The van der Waals surface area contributed by atoms with Gasteiger partial charge in [-0.2, -0.15) is 0 Å². The van der Waals surface area contributed by atoms with Gasteiger partial charge in [0.1, 0.15) is 11.5 Å². The molecule has 4 rings (SSSR count). The van der Waals surface area contributed by atoms with Crippen molar-refractivity contribution >= 4 is 17.4 Å². The topological polar surface area (TPSA) is 94.5 Å². The van der Waals surface area contributed by atoms with Crippen molar-refractivity contribution in [3.8, 4) is 23.0 Å². The van der Waals surface area contributed by atoms with Crippen molar-refractivity contribution in [2.45, 2.75) is 19.4 Å². The maximum absolute atomic E-state index is 13.4. The molecule has 1 aliphatic heterocycles. The maximum atomic E-state index is 13.4. The van der Waals surface area contributed by atoms with E-state index in [-0.39, 0.29) is 17.9 Å². The van der Waals surface area contributed by atoms with Crippen LogP contribution in [0.1, 0.15) is 29.7 Å². The zero-order chi connectivity index (χ0) is 27.2. The number of benzene rings is 3. The van der Waals surface area contributed by atoms with Crippen molar-refractivity contribution in [2.24, 2.45) is 0 Å². The van der Waals surface area contributed by atoms with Gasteiger partial charge in [0, 0.05) is 12.1 Å². The second-order valence-electron chi connectivity index (χ2n) is 8.65. The largest absolute Gasteiger partial charge is 0.507 e. The van der Waals surface area contributed by atoms with Crippen LogP contribution in [0.3, 0.4) is 0 Å². The van der Waals surface area contributed by atoms with Crippen molar-refractivity contribution in [3.63, 3.8) is 0 Å². The highest BCUT2D eigenvalue weighted by Gasteiger charge is 2.46. The van der Waals surface area contributed by atoms with E-state index in [0.717, 1.165) is 5.56 Å². The van der Waals surface area contributed by atoms with Gasteiger partial charge < -0.3 is 29.0 Å². The molecule has 0 saturated carbocycles. The molecule has 3 aromatic carbocycles. The zero-order valence-corrected chi connectivity index (χ0v) is 21.9. The highest BCUT2D eigenvalue weighted by molar-refractivity contribution is 6.46. The van der Waals surface area contributed by atoms with E-state index < -0.39 is 17.7 Å². The summed E-state index contributed by atoms with van der Waals surface area (Å²) in [5.41, 5.74) is 1.90. The monoisotopic (exact) mass is 517 g/mol. The summed E-state index contributed by atoms with van der Waals surface area (Å²) in [7, 11) is 4.48. The Morgan fingerprint density at radius 2 is 1.58 bits per heavy atom. The number of hydrogen-bond donors (Lipinski definition) is 1. The smallest absolute Gasteiger partial charge is 0.295 e. The molecule has 0 aliphatic carbocycles. The van der Waals surface area contributed by atoms with Gasteiger partial charge in [-0.25, -0.2) is 0 Å². The van der Waals surface area contributed by atoms with Crippen LogP contribution in [-0.2, 0) is 16.0 Å². The van der Waals surface area contributed by atoms with Crippen molar-refractivity contribution in [1.82, 2.24) is 4.90 Å². The SMILES string of the molecule is CCOc1cccc(C(O)=C2C(=O)C(=O)N(CCc3ccccc3)C2c2cc(OC)c(OC)c(OC)c2)c1. The predicted molar refractivity (Wildman–Crippen MR) is 143 cm³/mol. The fourth-order valence-electron chi connectivity index (χ4n) is 4.67. The number of nitrogens with zero attached hydrogens (tertiary/aromatic N) is 1. The van der Waals surface area contributed by atoms with Crippen molar-refractivity contribution in [2.75, 3.05) is 34.5 Å². The molecular weight excluding hydrogens is 486 g/mol. The Kier molecular flexibility index (Phi) is 8.21. The Morgan fingerprint density at radius 1 is 0.895 bits per heavy atom. The minimum atomic E-state index is -0.886. The lowest BCUT2D eigenvalue weighted by atomic mass is 9.94. The number of carbonyl (C=O) groups excluding carboxylic acids is 2. The molecule has 8 heteroatoms. The van der Waals surface area contributed by atoms with Crippen molar-refractivity contribution in [3.05, 3.63) is 89.0 Å². The van der Waals surface area contributed by atoms with Crippen LogP contribution in [0.25, 0.3) is 5.76 Å². The van der Waals surface area contributed by atoms with E-state index in [1.807, 2.05) is 37.3 Å². The normalized spacial score (nSPS) is 16.4. The summed E-state index contributed by atoms with van der Waals surface area (Å²) in [6.45, 7) is 2.56. The van der Waals surface area contributed by atoms with Crippen LogP contribution in [0.15, 0.2) is 72.3 Å². The zero-order valence-electron chi connectivity index (χ0n) is 21.9. The molecule has 8 nitrogen and oxygen atoms in total. The first-order chi connectivity index (χ1) is 18.4. The van der Waals surface area contributed by atoms with Crippen LogP contribution in [0.4, 0.5) is 0 Å². The van der Waals surface area contributed by atoms with Gasteiger partial charge in [0.05, 0.1) is 39.6 Å². The van der Waals surface area contributed by atoms with Gasteiger partial charge in [-0.3, -0.25) is 9.59 Å². The van der Waals surface area contributed by atoms with Crippen LogP contribution in [0.5, 0.6) is 23.0 Å². The molecule has 198 valence electrons. The average molecular weight is 518 g/mol. The van der Waals surface area contributed by atoms with E-state index in [9.17, 15) is 14.7 Å². The molecule has 1 heterocycles. The molecule has 1 aliphatic rings. The molecule has 1 saturated heterocycles. The van der Waals surface area contributed by atoms with Crippen molar-refractivity contribution in [1.29, 1.82) is 0 Å². The number of rotatable bonds is 10. The summed E-state index contributed by atoms with van der Waals surface area (Å²) < 4.78 is 22.1. The average Bonchev–Trinajstić information content (AvgIpc) is 3.20. The third-order valence-corrected chi connectivity index (χ3v) is 6.45. The minimum absolute atomic E-state index is 0.0222. The maximum Gasteiger partial charge on any atom is 0.295 e. The lowest BCUT2D eigenvalue weighted by Crippen LogP contribution is -2.31. The number of Topliss-reactive ketones (excluding diaryl/α,β-unsaturated/α-hetero) is 1. The molecule has 0 aromatic heterocycles. The molecular formula is C30H31NO7. The molecule has 1 N–H and O–H groups in total. The predicted octanol–water partition coefficient (Wildman–Crippen LogP) is 4.78. The molecule has 0 radical (unpaired) electrons. The van der Waals surface area contributed by atoms with Crippen LogP contribution < -0.4 is 18.9 Å². The number of carbonyl (C=O) groups is 2. The lowest BCUT2D eigenvalue weighted by molar-refractivity contribution is -0.139. The number of methoxy groups -OCH3 is 3. The molecule has 1 unspecified atom stereocenters. The second kappa shape index (κ2) is 11.7. The van der Waals surface area contributed by atoms with Gasteiger partial charge in [-0.1, -0.05) is 42.5 Å². The first kappa shape index (κ1) is 26.6. The van der Waals surface area contributed by atoms with Crippen LogP contribution in [0, 0.1) is 0 Å². The van der Waals surface area contributed by atoms with Crippen LogP contribution >= 0.6 is 0 Å². The Bertz CT molecular complexity index is 1320. The van der Waals surface area contributed by atoms with Gasteiger partial charge in [-0.15, -0.1) is 0 Å². The molecule has 1 atom stereocenters. The van der Waals surface area contributed by atoms with Crippen molar-refractivity contribution < 1.29 is 33.6 Å². The molecule has 0 bridgehead atoms. The minimum Gasteiger partial charge on any atom is -0.507 e. The number of amides is 1. The summed E-state index contributed by atoms with van der Waals surface area (Å²) in [5, 5.41) is 11.4. The summed E-state index contributed by atoms with van der Waals surface area (Å²) in [6.07, 6.45) is 0.522. The Labute approximate surface area is 222 Å². The highest BCUT2D eigenvalue weighted by atomic mass is 16.5. The molecule has 3 aromatic rings. The summed E-state index contributed by atoms with van der Waals surface area (Å²) in [5.74, 6) is -0.0875. The fourth-order valence-corrected chi connectivity index (χ4v) is 4.67. The number of hydrogen-bond acceptors (Lipinski definition) is 7. The van der Waals surface area contributed by atoms with Gasteiger partial charge in [0.15, 0.2) is 11.5 Å². The number of aliphatic hydroxyl groups excluding tert-OH is 1. The molecule has 0 spiro atoms. The first-order valence-electron chi connectivity index (χ1n) is 12.3. The van der Waals surface area contributed by atoms with Gasteiger partial charge in [-0.05, 0) is 48.7 Å². The van der Waals surface area contributed by atoms with E-state index in [0.29, 0.717) is 47.2 Å². The lowest BCUT2D eigenvalue weighted by Gasteiger charge is -2.26. The standard InChI is InChI=1S/C30H31NO7/c1-5-38-22-13-9-12-20(16-22)27(32)25-26(21-17-23(35-2)29(37-4)24(18-21)36-3)31(30(34)28(25)33)15-14-19-10-7-6-8-11-19/h6-13,16-18,26,32H,5,14-15H2,1-4H3. The Balaban J connectivity index is 1.88.